The van der Waals surface area contributed by atoms with Crippen molar-refractivity contribution in [3.63, 3.8) is 0 Å². The van der Waals surface area contributed by atoms with Gasteiger partial charge in [0.25, 0.3) is 0 Å². The molecule has 0 saturated carbocycles. The first-order chi connectivity index (χ1) is 8.65. The van der Waals surface area contributed by atoms with E-state index in [2.05, 4.69) is 10.1 Å². The summed E-state index contributed by atoms with van der Waals surface area (Å²) in [4.78, 5) is 18.6. The van der Waals surface area contributed by atoms with Gasteiger partial charge in [-0.1, -0.05) is 5.16 Å². The van der Waals surface area contributed by atoms with Crippen molar-refractivity contribution < 1.29 is 14.0 Å². The van der Waals surface area contributed by atoms with Gasteiger partial charge in [-0.3, -0.25) is 0 Å². The molecule has 0 aromatic heterocycles. The Labute approximate surface area is 105 Å². The third-order valence-electron chi connectivity index (χ3n) is 2.90. The van der Waals surface area contributed by atoms with Gasteiger partial charge in [0.05, 0.1) is 11.3 Å². The Bertz CT molecular complexity index is 447. The third-order valence-corrected chi connectivity index (χ3v) is 2.90. The van der Waals surface area contributed by atoms with Gasteiger partial charge in [0.2, 0.25) is 0 Å². The van der Waals surface area contributed by atoms with Gasteiger partial charge in [0.1, 0.15) is 5.82 Å². The predicted molar refractivity (Wildman–Crippen MR) is 66.0 cm³/mol. The van der Waals surface area contributed by atoms with E-state index in [4.69, 9.17) is 4.84 Å². The number of halogens is 1. The SMILES string of the molecule is CN1CCC(=NOC(=O)c2ccc(F)cc2)CC1. The average molecular weight is 250 g/mol. The lowest BCUT2D eigenvalue weighted by atomic mass is 10.1. The molecule has 0 N–H and O–H groups in total. The maximum absolute atomic E-state index is 12.7. The zero-order valence-corrected chi connectivity index (χ0v) is 10.2. The maximum Gasteiger partial charge on any atom is 0.365 e. The molecule has 0 radical (unpaired) electrons. The number of hydrogen-bond acceptors (Lipinski definition) is 4. The van der Waals surface area contributed by atoms with E-state index in [-0.39, 0.29) is 5.82 Å². The van der Waals surface area contributed by atoms with Crippen molar-refractivity contribution in [3.05, 3.63) is 35.6 Å². The molecule has 0 aliphatic carbocycles. The molecule has 1 aromatic carbocycles. The Morgan fingerprint density at radius 1 is 1.28 bits per heavy atom. The quantitative estimate of drug-likeness (QED) is 0.596. The lowest BCUT2D eigenvalue weighted by Gasteiger charge is -2.22. The van der Waals surface area contributed by atoms with Crippen LogP contribution >= 0.6 is 0 Å². The number of rotatable bonds is 2. The van der Waals surface area contributed by atoms with Crippen LogP contribution in [0.2, 0.25) is 0 Å². The molecule has 1 aliphatic heterocycles. The first-order valence-corrected chi connectivity index (χ1v) is 5.86. The van der Waals surface area contributed by atoms with E-state index in [0.29, 0.717) is 5.56 Å². The van der Waals surface area contributed by atoms with E-state index in [1.54, 1.807) is 0 Å². The van der Waals surface area contributed by atoms with E-state index < -0.39 is 5.97 Å². The summed E-state index contributed by atoms with van der Waals surface area (Å²) in [6.07, 6.45) is 1.63. The zero-order valence-electron chi connectivity index (χ0n) is 10.2. The Hall–Kier alpha value is -1.75. The van der Waals surface area contributed by atoms with Crippen LogP contribution in [0.4, 0.5) is 4.39 Å². The second-order valence-corrected chi connectivity index (χ2v) is 4.35. The number of piperidine rings is 1. The van der Waals surface area contributed by atoms with E-state index in [9.17, 15) is 9.18 Å². The number of nitrogens with zero attached hydrogens (tertiary/aromatic N) is 2. The van der Waals surface area contributed by atoms with Crippen LogP contribution in [0.1, 0.15) is 23.2 Å². The Morgan fingerprint density at radius 2 is 1.89 bits per heavy atom. The number of hydrogen-bond donors (Lipinski definition) is 0. The first-order valence-electron chi connectivity index (χ1n) is 5.86. The van der Waals surface area contributed by atoms with Crippen molar-refractivity contribution in [1.82, 2.24) is 4.90 Å². The van der Waals surface area contributed by atoms with Crippen molar-refractivity contribution in [1.29, 1.82) is 0 Å². The summed E-state index contributed by atoms with van der Waals surface area (Å²) in [5.41, 5.74) is 1.19. The summed E-state index contributed by atoms with van der Waals surface area (Å²) in [6.45, 7) is 1.85. The minimum Gasteiger partial charge on any atom is -0.313 e. The van der Waals surface area contributed by atoms with Crippen molar-refractivity contribution in [2.24, 2.45) is 5.16 Å². The summed E-state index contributed by atoms with van der Waals surface area (Å²) < 4.78 is 12.7. The minimum atomic E-state index is -0.554. The second kappa shape index (κ2) is 5.73. The summed E-state index contributed by atoms with van der Waals surface area (Å²) >= 11 is 0. The average Bonchev–Trinajstić information content (AvgIpc) is 2.38. The highest BCUT2D eigenvalue weighted by Gasteiger charge is 2.13. The monoisotopic (exact) mass is 250 g/mol. The second-order valence-electron chi connectivity index (χ2n) is 4.35. The standard InChI is InChI=1S/C13H15FN2O2/c1-16-8-6-12(7-9-16)15-18-13(17)10-2-4-11(14)5-3-10/h2-5H,6-9H2,1H3. The minimum absolute atomic E-state index is 0.300. The summed E-state index contributed by atoms with van der Waals surface area (Å²) in [5.74, 6) is -0.936. The van der Waals surface area contributed by atoms with Gasteiger partial charge in [-0.2, -0.15) is 0 Å². The normalized spacial score (nSPS) is 16.4. The van der Waals surface area contributed by atoms with Crippen molar-refractivity contribution >= 4 is 11.7 Å². The number of oxime groups is 1. The topological polar surface area (TPSA) is 41.9 Å². The van der Waals surface area contributed by atoms with Gasteiger partial charge < -0.3 is 9.74 Å². The van der Waals surface area contributed by atoms with Gasteiger partial charge in [-0.05, 0) is 31.3 Å². The molecule has 1 fully saturated rings. The number of carbonyl (C=O) groups is 1. The number of benzene rings is 1. The van der Waals surface area contributed by atoms with E-state index >= 15 is 0 Å². The smallest absolute Gasteiger partial charge is 0.313 e. The highest BCUT2D eigenvalue weighted by Crippen LogP contribution is 2.08. The molecule has 1 heterocycles. The molecule has 1 aliphatic rings. The van der Waals surface area contributed by atoms with Crippen LogP contribution in [-0.2, 0) is 4.84 Å². The van der Waals surface area contributed by atoms with Crippen LogP contribution < -0.4 is 0 Å². The summed E-state index contributed by atoms with van der Waals surface area (Å²) in [7, 11) is 2.04. The Morgan fingerprint density at radius 3 is 2.50 bits per heavy atom. The fraction of sp³-hybridized carbons (Fsp3) is 0.385. The molecule has 0 unspecified atom stereocenters. The Balaban J connectivity index is 1.92. The molecule has 0 spiro atoms. The van der Waals surface area contributed by atoms with Crippen LogP contribution in [0.5, 0.6) is 0 Å². The number of likely N-dealkylation sites (tertiary alicyclic amines) is 1. The van der Waals surface area contributed by atoms with Crippen LogP contribution in [0.15, 0.2) is 29.4 Å². The van der Waals surface area contributed by atoms with Crippen molar-refractivity contribution in [2.75, 3.05) is 20.1 Å². The summed E-state index contributed by atoms with van der Waals surface area (Å²) in [5, 5.41) is 3.86. The number of carbonyl (C=O) groups excluding carboxylic acids is 1. The molecule has 18 heavy (non-hydrogen) atoms. The maximum atomic E-state index is 12.7. The van der Waals surface area contributed by atoms with Crippen LogP contribution in [0.3, 0.4) is 0 Å². The lowest BCUT2D eigenvalue weighted by molar-refractivity contribution is 0.0512. The molecule has 5 heteroatoms. The molecular weight excluding hydrogens is 235 g/mol. The van der Waals surface area contributed by atoms with Crippen LogP contribution in [-0.4, -0.2) is 36.7 Å². The highest BCUT2D eigenvalue weighted by atomic mass is 19.1. The van der Waals surface area contributed by atoms with Gasteiger partial charge in [-0.15, -0.1) is 0 Å². The summed E-state index contributed by atoms with van der Waals surface area (Å²) in [6, 6.07) is 5.21. The van der Waals surface area contributed by atoms with E-state index in [0.717, 1.165) is 31.6 Å². The first kappa shape index (κ1) is 12.7. The van der Waals surface area contributed by atoms with Crippen LogP contribution in [0, 0.1) is 5.82 Å². The molecule has 4 nitrogen and oxygen atoms in total. The van der Waals surface area contributed by atoms with E-state index in [1.807, 2.05) is 7.05 Å². The lowest BCUT2D eigenvalue weighted by Crippen LogP contribution is -2.30. The fourth-order valence-corrected chi connectivity index (χ4v) is 1.71. The molecule has 2 rings (SSSR count). The highest BCUT2D eigenvalue weighted by molar-refractivity contribution is 5.91. The van der Waals surface area contributed by atoms with Gasteiger partial charge in [0.15, 0.2) is 0 Å². The van der Waals surface area contributed by atoms with Crippen molar-refractivity contribution in [3.8, 4) is 0 Å². The molecule has 0 bridgehead atoms. The van der Waals surface area contributed by atoms with Gasteiger partial charge in [-0.25, -0.2) is 9.18 Å². The van der Waals surface area contributed by atoms with Crippen LogP contribution in [0.25, 0.3) is 0 Å². The van der Waals surface area contributed by atoms with Crippen molar-refractivity contribution in [2.45, 2.75) is 12.8 Å². The third kappa shape index (κ3) is 3.37. The predicted octanol–water partition coefficient (Wildman–Crippen LogP) is 2.06. The molecule has 1 aromatic rings. The Kier molecular flexibility index (Phi) is 4.04. The molecule has 0 amide bonds. The molecule has 96 valence electrons. The molecule has 1 saturated heterocycles. The molecule has 0 atom stereocenters. The van der Waals surface area contributed by atoms with Gasteiger partial charge in [0, 0.05) is 25.9 Å². The largest absolute Gasteiger partial charge is 0.365 e. The van der Waals surface area contributed by atoms with E-state index in [1.165, 1.54) is 24.3 Å². The fourth-order valence-electron chi connectivity index (χ4n) is 1.71. The molecular formula is C13H15FN2O2. The zero-order chi connectivity index (χ0) is 13.0. The van der Waals surface area contributed by atoms with Gasteiger partial charge >= 0.3 is 5.97 Å².